The lowest BCUT2D eigenvalue weighted by atomic mass is 10.1. The molecule has 4 N–H and O–H groups in total. The van der Waals surface area contributed by atoms with E-state index in [-0.39, 0.29) is 6.10 Å². The molecular weight excluding hydrogens is 346 g/mol. The van der Waals surface area contributed by atoms with Gasteiger partial charge in [0.2, 0.25) is 0 Å². The molecule has 1 aliphatic rings. The number of rotatable bonds is 6. The van der Waals surface area contributed by atoms with Crippen LogP contribution in [0.4, 0.5) is 11.4 Å². The summed E-state index contributed by atoms with van der Waals surface area (Å²) in [6.07, 6.45) is 0.114. The molecule has 140 valence electrons. The molecule has 26 heavy (non-hydrogen) atoms. The van der Waals surface area contributed by atoms with Gasteiger partial charge in [0.25, 0.3) is 0 Å². The van der Waals surface area contributed by atoms with Crippen LogP contribution in [-0.2, 0) is 4.74 Å². The summed E-state index contributed by atoms with van der Waals surface area (Å²) >= 11 is 1.65. The van der Waals surface area contributed by atoms with E-state index in [2.05, 4.69) is 30.9 Å². The molecule has 2 aromatic rings. The third-order valence-corrected chi connectivity index (χ3v) is 5.74. The van der Waals surface area contributed by atoms with Gasteiger partial charge in [0.15, 0.2) is 0 Å². The fourth-order valence-corrected chi connectivity index (χ4v) is 3.80. The van der Waals surface area contributed by atoms with Crippen molar-refractivity contribution >= 4 is 23.1 Å². The quantitative estimate of drug-likeness (QED) is 0.755. The van der Waals surface area contributed by atoms with Crippen molar-refractivity contribution in [2.24, 2.45) is 0 Å². The lowest BCUT2D eigenvalue weighted by molar-refractivity contribution is -0.00563. The van der Waals surface area contributed by atoms with Gasteiger partial charge in [-0.15, -0.1) is 0 Å². The molecule has 1 saturated heterocycles. The summed E-state index contributed by atoms with van der Waals surface area (Å²) in [4.78, 5) is 4.62. The Bertz CT molecular complexity index is 717. The van der Waals surface area contributed by atoms with Gasteiger partial charge in [0.1, 0.15) is 11.9 Å². The smallest absolute Gasteiger partial charge is 0.119 e. The Morgan fingerprint density at radius 1 is 0.962 bits per heavy atom. The molecule has 1 aliphatic heterocycles. The zero-order valence-electron chi connectivity index (χ0n) is 15.4. The molecule has 6 heteroatoms. The first-order valence-corrected chi connectivity index (χ1v) is 9.76. The minimum absolute atomic E-state index is 0.114. The first kappa shape index (κ1) is 18.9. The summed E-state index contributed by atoms with van der Waals surface area (Å²) in [6, 6.07) is 14.2. The van der Waals surface area contributed by atoms with Crippen molar-refractivity contribution in [3.05, 3.63) is 42.5 Å². The minimum atomic E-state index is 0.114. The number of nitrogens with zero attached hydrogens (tertiary/aromatic N) is 1. The highest BCUT2D eigenvalue weighted by molar-refractivity contribution is 7.99. The largest absolute Gasteiger partial charge is 0.489 e. The SMILES string of the molecule is CC(Oc1ccc(Sc2ccc(N)c(N)c2)cc1)C(C)N1CCOCC1. The van der Waals surface area contributed by atoms with Crippen LogP contribution in [0.25, 0.3) is 0 Å². The molecule has 2 aromatic carbocycles. The second-order valence-electron chi connectivity index (χ2n) is 6.58. The third kappa shape index (κ3) is 4.84. The Labute approximate surface area is 159 Å². The second kappa shape index (κ2) is 8.66. The maximum atomic E-state index is 6.14. The van der Waals surface area contributed by atoms with Crippen LogP contribution in [0.3, 0.4) is 0 Å². The molecule has 0 radical (unpaired) electrons. The summed E-state index contributed by atoms with van der Waals surface area (Å²) in [5.41, 5.74) is 12.9. The third-order valence-electron chi connectivity index (χ3n) is 4.74. The van der Waals surface area contributed by atoms with Crippen LogP contribution in [0.1, 0.15) is 13.8 Å². The first-order valence-electron chi connectivity index (χ1n) is 8.94. The fraction of sp³-hybridized carbons (Fsp3) is 0.400. The number of hydrogen-bond acceptors (Lipinski definition) is 6. The molecule has 0 bridgehead atoms. The number of benzene rings is 2. The predicted molar refractivity (Wildman–Crippen MR) is 108 cm³/mol. The van der Waals surface area contributed by atoms with E-state index < -0.39 is 0 Å². The summed E-state index contributed by atoms with van der Waals surface area (Å²) in [5.74, 6) is 0.888. The van der Waals surface area contributed by atoms with Crippen molar-refractivity contribution in [1.29, 1.82) is 0 Å². The molecule has 1 heterocycles. The molecule has 0 aromatic heterocycles. The number of morpholine rings is 1. The van der Waals surface area contributed by atoms with E-state index in [1.54, 1.807) is 11.8 Å². The van der Waals surface area contributed by atoms with E-state index >= 15 is 0 Å². The van der Waals surface area contributed by atoms with Crippen molar-refractivity contribution in [2.75, 3.05) is 37.8 Å². The predicted octanol–water partition coefficient (Wildman–Crippen LogP) is 3.49. The number of nitrogen functional groups attached to an aromatic ring is 2. The van der Waals surface area contributed by atoms with Crippen molar-refractivity contribution in [2.45, 2.75) is 35.8 Å². The van der Waals surface area contributed by atoms with Crippen LogP contribution >= 0.6 is 11.8 Å². The van der Waals surface area contributed by atoms with Crippen molar-refractivity contribution in [3.63, 3.8) is 0 Å². The van der Waals surface area contributed by atoms with Gasteiger partial charge in [-0.2, -0.15) is 0 Å². The molecule has 0 amide bonds. The summed E-state index contributed by atoms with van der Waals surface area (Å²) < 4.78 is 11.6. The van der Waals surface area contributed by atoms with Crippen LogP contribution in [0.2, 0.25) is 0 Å². The molecular formula is C20H27N3O2S. The number of anilines is 2. The van der Waals surface area contributed by atoms with Crippen molar-refractivity contribution in [3.8, 4) is 5.75 Å². The Hall–Kier alpha value is -1.89. The second-order valence-corrected chi connectivity index (χ2v) is 7.72. The summed E-state index contributed by atoms with van der Waals surface area (Å²) in [6.45, 7) is 7.88. The maximum Gasteiger partial charge on any atom is 0.119 e. The summed E-state index contributed by atoms with van der Waals surface area (Å²) in [5, 5.41) is 0. The molecule has 1 fully saturated rings. The highest BCUT2D eigenvalue weighted by Crippen LogP contribution is 2.32. The Balaban J connectivity index is 1.57. The number of ether oxygens (including phenoxy) is 2. The zero-order valence-corrected chi connectivity index (χ0v) is 16.2. The molecule has 2 unspecified atom stereocenters. The standard InChI is InChI=1S/C20H27N3O2S/c1-14(23-9-11-24-12-10-23)15(2)25-16-3-5-17(6-4-16)26-18-7-8-19(21)20(22)13-18/h3-8,13-15H,9-12,21-22H2,1-2H3. The van der Waals surface area contributed by atoms with Crippen molar-refractivity contribution in [1.82, 2.24) is 4.90 Å². The summed E-state index contributed by atoms with van der Waals surface area (Å²) in [7, 11) is 0. The van der Waals surface area contributed by atoms with E-state index in [9.17, 15) is 0 Å². The monoisotopic (exact) mass is 373 g/mol. The van der Waals surface area contributed by atoms with E-state index in [0.717, 1.165) is 41.8 Å². The zero-order chi connectivity index (χ0) is 18.5. The van der Waals surface area contributed by atoms with Crippen LogP contribution in [-0.4, -0.2) is 43.3 Å². The van der Waals surface area contributed by atoms with Gasteiger partial charge in [-0.3, -0.25) is 4.90 Å². The minimum Gasteiger partial charge on any atom is -0.489 e. The number of nitrogens with two attached hydrogens (primary N) is 2. The lowest BCUT2D eigenvalue weighted by Crippen LogP contribution is -2.48. The van der Waals surface area contributed by atoms with Gasteiger partial charge in [0.05, 0.1) is 24.6 Å². The first-order chi connectivity index (χ1) is 12.5. The Kier molecular flexibility index (Phi) is 6.29. The average Bonchev–Trinajstić information content (AvgIpc) is 2.66. The molecule has 2 atom stereocenters. The lowest BCUT2D eigenvalue weighted by Gasteiger charge is -2.35. The normalized spacial score (nSPS) is 17.6. The van der Waals surface area contributed by atoms with Crippen LogP contribution in [0.5, 0.6) is 5.75 Å². The molecule has 0 saturated carbocycles. The van der Waals surface area contributed by atoms with E-state index in [1.165, 1.54) is 0 Å². The molecule has 5 nitrogen and oxygen atoms in total. The van der Waals surface area contributed by atoms with Crippen molar-refractivity contribution < 1.29 is 9.47 Å². The average molecular weight is 374 g/mol. The van der Waals surface area contributed by atoms with Gasteiger partial charge in [-0.25, -0.2) is 0 Å². The van der Waals surface area contributed by atoms with Gasteiger partial charge in [-0.05, 0) is 56.3 Å². The highest BCUT2D eigenvalue weighted by atomic mass is 32.2. The maximum absolute atomic E-state index is 6.14. The fourth-order valence-electron chi connectivity index (χ4n) is 2.93. The van der Waals surface area contributed by atoms with Gasteiger partial charge in [-0.1, -0.05) is 11.8 Å². The van der Waals surface area contributed by atoms with Gasteiger partial charge >= 0.3 is 0 Å². The highest BCUT2D eigenvalue weighted by Gasteiger charge is 2.23. The van der Waals surface area contributed by atoms with Gasteiger partial charge in [0, 0.05) is 28.9 Å². The number of hydrogen-bond donors (Lipinski definition) is 2. The van der Waals surface area contributed by atoms with Gasteiger partial charge < -0.3 is 20.9 Å². The van der Waals surface area contributed by atoms with Crippen LogP contribution < -0.4 is 16.2 Å². The van der Waals surface area contributed by atoms with E-state index in [4.69, 9.17) is 20.9 Å². The van der Waals surface area contributed by atoms with Crippen LogP contribution in [0.15, 0.2) is 52.3 Å². The topological polar surface area (TPSA) is 73.7 Å². The van der Waals surface area contributed by atoms with E-state index in [1.807, 2.05) is 30.3 Å². The Morgan fingerprint density at radius 3 is 2.27 bits per heavy atom. The molecule has 0 aliphatic carbocycles. The Morgan fingerprint density at radius 2 is 1.62 bits per heavy atom. The molecule has 3 rings (SSSR count). The van der Waals surface area contributed by atoms with Crippen LogP contribution in [0, 0.1) is 0 Å². The van der Waals surface area contributed by atoms with E-state index in [0.29, 0.717) is 17.4 Å². The molecule has 0 spiro atoms.